The molecule has 1 aliphatic heterocycles. The molecule has 0 bridgehead atoms. The number of nitrogens with zero attached hydrogens (tertiary/aromatic N) is 2. The Kier molecular flexibility index (Phi) is 4.18. The first-order valence-electron chi connectivity index (χ1n) is 8.28. The number of amides is 3. The Morgan fingerprint density at radius 2 is 1.78 bits per heavy atom. The molecule has 0 radical (unpaired) electrons. The lowest BCUT2D eigenvalue weighted by Gasteiger charge is -2.25. The van der Waals surface area contributed by atoms with Gasteiger partial charge in [-0.15, -0.1) is 0 Å². The third-order valence-corrected chi connectivity index (χ3v) is 4.26. The molecule has 0 atom stereocenters. The maximum atomic E-state index is 13.0. The highest BCUT2D eigenvalue weighted by Gasteiger charge is 2.41. The summed E-state index contributed by atoms with van der Waals surface area (Å²) in [5.41, 5.74) is 1.40. The van der Waals surface area contributed by atoms with Crippen molar-refractivity contribution in [2.45, 2.75) is 6.54 Å². The molecule has 0 spiro atoms. The Morgan fingerprint density at radius 1 is 0.963 bits per heavy atom. The van der Waals surface area contributed by atoms with Crippen LogP contribution in [0.5, 0.6) is 0 Å². The van der Waals surface area contributed by atoms with Crippen molar-refractivity contribution >= 4 is 29.6 Å². The van der Waals surface area contributed by atoms with Gasteiger partial charge in [0.25, 0.3) is 11.8 Å². The van der Waals surface area contributed by atoms with Gasteiger partial charge >= 0.3 is 0 Å². The molecule has 7 nitrogen and oxygen atoms in total. The van der Waals surface area contributed by atoms with Gasteiger partial charge in [-0.1, -0.05) is 24.3 Å². The SMILES string of the molecule is O=CN(c1ccccc1)N1C(=O)c2cccc(NCc3ccco3)c2C1=O. The lowest BCUT2D eigenvalue weighted by Crippen LogP contribution is -2.45. The molecule has 0 saturated carbocycles. The van der Waals surface area contributed by atoms with Gasteiger partial charge in [0, 0.05) is 5.69 Å². The van der Waals surface area contributed by atoms with Crippen LogP contribution in [0.4, 0.5) is 11.4 Å². The second-order valence-electron chi connectivity index (χ2n) is 5.87. The lowest BCUT2D eigenvalue weighted by atomic mass is 10.1. The van der Waals surface area contributed by atoms with E-state index in [0.717, 1.165) is 10.0 Å². The number of anilines is 2. The van der Waals surface area contributed by atoms with Crippen LogP contribution in [-0.4, -0.2) is 23.2 Å². The zero-order chi connectivity index (χ0) is 18.8. The lowest BCUT2D eigenvalue weighted by molar-refractivity contribution is -0.109. The highest BCUT2D eigenvalue weighted by molar-refractivity contribution is 6.25. The number of fused-ring (bicyclic) bond motifs is 1. The number of hydrogen-bond donors (Lipinski definition) is 1. The minimum Gasteiger partial charge on any atom is -0.467 e. The minimum atomic E-state index is -0.562. The average molecular weight is 361 g/mol. The highest BCUT2D eigenvalue weighted by atomic mass is 16.3. The molecule has 0 unspecified atom stereocenters. The molecule has 7 heteroatoms. The van der Waals surface area contributed by atoms with Gasteiger partial charge in [-0.25, -0.2) is 5.01 Å². The van der Waals surface area contributed by atoms with Crippen molar-refractivity contribution < 1.29 is 18.8 Å². The van der Waals surface area contributed by atoms with Gasteiger partial charge < -0.3 is 9.73 Å². The van der Waals surface area contributed by atoms with Crippen LogP contribution >= 0.6 is 0 Å². The first-order chi connectivity index (χ1) is 13.2. The molecular weight excluding hydrogens is 346 g/mol. The summed E-state index contributed by atoms with van der Waals surface area (Å²) >= 11 is 0. The van der Waals surface area contributed by atoms with Crippen LogP contribution in [0.2, 0.25) is 0 Å². The van der Waals surface area contributed by atoms with E-state index in [4.69, 9.17) is 4.42 Å². The van der Waals surface area contributed by atoms with Crippen LogP contribution in [0.3, 0.4) is 0 Å². The van der Waals surface area contributed by atoms with Gasteiger partial charge in [-0.3, -0.25) is 14.4 Å². The standard InChI is InChI=1S/C20H15N3O4/c24-13-22(14-6-2-1-3-7-14)23-19(25)16-9-4-10-17(18(16)20(23)26)21-12-15-8-5-11-27-15/h1-11,13,21H,12H2. The second-order valence-corrected chi connectivity index (χ2v) is 5.87. The number of nitrogens with one attached hydrogen (secondary N) is 1. The fraction of sp³-hybridized carbons (Fsp3) is 0.0500. The van der Waals surface area contributed by atoms with E-state index in [1.165, 1.54) is 0 Å². The summed E-state index contributed by atoms with van der Waals surface area (Å²) < 4.78 is 5.28. The quantitative estimate of drug-likeness (QED) is 0.539. The van der Waals surface area contributed by atoms with Gasteiger partial charge in [0.15, 0.2) is 0 Å². The van der Waals surface area contributed by atoms with E-state index in [-0.39, 0.29) is 11.1 Å². The van der Waals surface area contributed by atoms with Crippen molar-refractivity contribution in [1.29, 1.82) is 0 Å². The maximum Gasteiger partial charge on any atom is 0.283 e. The zero-order valence-electron chi connectivity index (χ0n) is 14.2. The van der Waals surface area contributed by atoms with Crippen LogP contribution in [-0.2, 0) is 11.3 Å². The summed E-state index contributed by atoms with van der Waals surface area (Å²) in [6.07, 6.45) is 2.01. The molecule has 1 aliphatic rings. The Bertz CT molecular complexity index is 999. The summed E-state index contributed by atoms with van der Waals surface area (Å²) in [7, 11) is 0. The smallest absolute Gasteiger partial charge is 0.283 e. The first kappa shape index (κ1) is 16.6. The van der Waals surface area contributed by atoms with Crippen molar-refractivity contribution in [3.05, 3.63) is 83.8 Å². The Morgan fingerprint density at radius 3 is 2.48 bits per heavy atom. The third kappa shape index (κ3) is 2.85. The summed E-state index contributed by atoms with van der Waals surface area (Å²) in [5.74, 6) is -0.416. The zero-order valence-corrected chi connectivity index (χ0v) is 14.2. The summed E-state index contributed by atoms with van der Waals surface area (Å²) in [5, 5.41) is 4.98. The number of benzene rings is 2. The molecule has 4 rings (SSSR count). The van der Waals surface area contributed by atoms with E-state index in [2.05, 4.69) is 5.32 Å². The molecule has 1 aromatic heterocycles. The van der Waals surface area contributed by atoms with Gasteiger partial charge in [0.2, 0.25) is 6.41 Å². The third-order valence-electron chi connectivity index (χ3n) is 4.26. The fourth-order valence-electron chi connectivity index (χ4n) is 3.02. The van der Waals surface area contributed by atoms with E-state index in [9.17, 15) is 14.4 Å². The maximum absolute atomic E-state index is 13.0. The van der Waals surface area contributed by atoms with Gasteiger partial charge in [0.05, 0.1) is 29.6 Å². The molecule has 2 aromatic carbocycles. The number of furan rings is 1. The molecule has 27 heavy (non-hydrogen) atoms. The number of hydrogen-bond acceptors (Lipinski definition) is 5. The Hall–Kier alpha value is -3.87. The molecule has 2 heterocycles. The van der Waals surface area contributed by atoms with Crippen molar-refractivity contribution in [1.82, 2.24) is 5.01 Å². The largest absolute Gasteiger partial charge is 0.467 e. The molecule has 1 N–H and O–H groups in total. The summed E-state index contributed by atoms with van der Waals surface area (Å²) in [4.78, 5) is 37.5. The average Bonchev–Trinajstić information content (AvgIpc) is 3.31. The predicted octanol–water partition coefficient (Wildman–Crippen LogP) is 3.07. The van der Waals surface area contributed by atoms with Crippen LogP contribution < -0.4 is 10.3 Å². The first-order valence-corrected chi connectivity index (χ1v) is 8.28. The fourth-order valence-corrected chi connectivity index (χ4v) is 3.02. The number of rotatable bonds is 6. The monoisotopic (exact) mass is 361 g/mol. The summed E-state index contributed by atoms with van der Waals surface area (Å²) in [6, 6.07) is 17.1. The molecule has 0 aliphatic carbocycles. The second kappa shape index (κ2) is 6.80. The highest BCUT2D eigenvalue weighted by Crippen LogP contribution is 2.32. The molecule has 0 fully saturated rings. The van der Waals surface area contributed by atoms with Crippen LogP contribution in [0.25, 0.3) is 0 Å². The van der Waals surface area contributed by atoms with Gasteiger partial charge in [0.1, 0.15) is 5.76 Å². The van der Waals surface area contributed by atoms with Crippen LogP contribution in [0, 0.1) is 0 Å². The molecule has 134 valence electrons. The predicted molar refractivity (Wildman–Crippen MR) is 98.0 cm³/mol. The van der Waals surface area contributed by atoms with E-state index in [0.29, 0.717) is 30.1 Å². The van der Waals surface area contributed by atoms with E-state index in [1.807, 2.05) is 0 Å². The minimum absolute atomic E-state index is 0.233. The van der Waals surface area contributed by atoms with E-state index >= 15 is 0 Å². The van der Waals surface area contributed by atoms with Crippen LogP contribution in [0.1, 0.15) is 26.5 Å². The van der Waals surface area contributed by atoms with Crippen molar-refractivity contribution in [3.8, 4) is 0 Å². The molecular formula is C20H15N3O4. The van der Waals surface area contributed by atoms with E-state index < -0.39 is 11.8 Å². The number of imide groups is 1. The molecule has 3 amide bonds. The number of para-hydroxylation sites is 1. The molecule has 3 aromatic rings. The summed E-state index contributed by atoms with van der Waals surface area (Å²) in [6.45, 7) is 0.362. The van der Waals surface area contributed by atoms with Crippen molar-refractivity contribution in [2.24, 2.45) is 0 Å². The van der Waals surface area contributed by atoms with Crippen molar-refractivity contribution in [2.75, 3.05) is 10.3 Å². The number of carbonyl (C=O) groups excluding carboxylic acids is 3. The van der Waals surface area contributed by atoms with Crippen molar-refractivity contribution in [3.63, 3.8) is 0 Å². The van der Waals surface area contributed by atoms with Gasteiger partial charge in [-0.2, -0.15) is 5.01 Å². The normalized spacial score (nSPS) is 12.8. The van der Waals surface area contributed by atoms with E-state index in [1.54, 1.807) is 66.9 Å². The number of carbonyl (C=O) groups is 3. The molecule has 0 saturated heterocycles. The van der Waals surface area contributed by atoms with Gasteiger partial charge in [-0.05, 0) is 36.4 Å². The Labute approximate surface area is 154 Å². The number of hydrazine groups is 1. The Balaban J connectivity index is 1.68. The van der Waals surface area contributed by atoms with Crippen LogP contribution in [0.15, 0.2) is 71.3 Å². The topological polar surface area (TPSA) is 82.9 Å².